The van der Waals surface area contributed by atoms with Crippen LogP contribution in [0, 0.1) is 0 Å². The Hall–Kier alpha value is -2.29. The molecule has 1 fully saturated rings. The Labute approximate surface area is 156 Å². The van der Waals surface area contributed by atoms with Crippen LogP contribution in [0.25, 0.3) is 11.4 Å². The molecule has 9 heteroatoms. The molecule has 144 valence electrons. The molecule has 0 aliphatic carbocycles. The normalized spacial score (nSPS) is 16.9. The molecular weight excluding hydrogens is 360 g/mol. The number of benzene rings is 1. The number of halogens is 3. The molecule has 3 rings (SSSR count). The third kappa shape index (κ3) is 4.52. The van der Waals surface area contributed by atoms with Gasteiger partial charge in [0.05, 0.1) is 13.7 Å². The van der Waals surface area contributed by atoms with Crippen LogP contribution in [0.4, 0.5) is 13.2 Å². The third-order valence-electron chi connectivity index (χ3n) is 4.27. The van der Waals surface area contributed by atoms with E-state index in [9.17, 15) is 13.2 Å². The van der Waals surface area contributed by atoms with E-state index >= 15 is 0 Å². The van der Waals surface area contributed by atoms with E-state index in [1.165, 1.54) is 7.11 Å². The van der Waals surface area contributed by atoms with E-state index in [0.29, 0.717) is 49.8 Å². The van der Waals surface area contributed by atoms with E-state index in [4.69, 9.17) is 14.1 Å². The molecule has 1 aliphatic heterocycles. The predicted octanol–water partition coefficient (Wildman–Crippen LogP) is 3.84. The Balaban J connectivity index is 2.05. The van der Waals surface area contributed by atoms with Gasteiger partial charge in [0.15, 0.2) is 17.3 Å². The Bertz CT molecular complexity index is 796. The number of nitrogens with zero attached hydrogens (tertiary/aromatic N) is 2. The third-order valence-corrected chi connectivity index (χ3v) is 4.27. The highest BCUT2D eigenvalue weighted by Crippen LogP contribution is 2.35. The summed E-state index contributed by atoms with van der Waals surface area (Å²) < 4.78 is 56.2. The number of methoxy groups -OCH3 is 1. The Kier molecular flexibility index (Phi) is 5.89. The highest BCUT2D eigenvalue weighted by Gasteiger charge is 2.35. The largest absolute Gasteiger partial charge is 0.493 e. The minimum atomic E-state index is -4.56. The molecule has 1 aliphatic rings. The molecule has 2 heterocycles. The lowest BCUT2D eigenvalue weighted by atomic mass is 9.88. The van der Waals surface area contributed by atoms with Crippen molar-refractivity contribution in [3.05, 3.63) is 35.7 Å². The van der Waals surface area contributed by atoms with Gasteiger partial charge in [-0.15, -0.1) is 0 Å². The van der Waals surface area contributed by atoms with E-state index in [1.54, 1.807) is 18.2 Å². The van der Waals surface area contributed by atoms with Gasteiger partial charge < -0.3 is 14.1 Å². The summed E-state index contributed by atoms with van der Waals surface area (Å²) in [4.78, 5) is 8.14. The Morgan fingerprint density at radius 2 is 2.04 bits per heavy atom. The zero-order valence-electron chi connectivity index (χ0n) is 15.2. The quantitative estimate of drug-likeness (QED) is 0.713. The van der Waals surface area contributed by atoms with Crippen LogP contribution < -0.4 is 9.47 Å². The minimum absolute atomic E-state index is 0.00993. The van der Waals surface area contributed by atoms with E-state index in [0.717, 1.165) is 12.5 Å². The molecule has 0 bridgehead atoms. The standard InChI is InChI=1S/C18H20BF3N2O3/c1-3-6-26-15-7-11(4-5-14(15)25-2)17-23-13(12-9-19-27-10-12)8-16(24-17)18(20,21)22/h4-5,7-8,12,19H,3,6,9-10H2,1-2H3. The molecule has 1 aromatic carbocycles. The smallest absolute Gasteiger partial charge is 0.433 e. The van der Waals surface area contributed by atoms with Gasteiger partial charge in [-0.05, 0) is 37.0 Å². The molecule has 0 saturated carbocycles. The fourth-order valence-electron chi connectivity index (χ4n) is 2.86. The highest BCUT2D eigenvalue weighted by molar-refractivity contribution is 6.28. The molecule has 0 spiro atoms. The van der Waals surface area contributed by atoms with Gasteiger partial charge in [-0.25, -0.2) is 9.97 Å². The molecule has 27 heavy (non-hydrogen) atoms. The molecular formula is C18H20BF3N2O3. The van der Waals surface area contributed by atoms with Gasteiger partial charge in [-0.2, -0.15) is 13.2 Å². The van der Waals surface area contributed by atoms with Crippen molar-refractivity contribution >= 4 is 7.48 Å². The topological polar surface area (TPSA) is 53.5 Å². The van der Waals surface area contributed by atoms with Crippen molar-refractivity contribution in [3.63, 3.8) is 0 Å². The van der Waals surface area contributed by atoms with Crippen LogP contribution >= 0.6 is 0 Å². The predicted molar refractivity (Wildman–Crippen MR) is 95.5 cm³/mol. The lowest BCUT2D eigenvalue weighted by molar-refractivity contribution is -0.141. The zero-order chi connectivity index (χ0) is 19.4. The van der Waals surface area contributed by atoms with E-state index in [2.05, 4.69) is 9.97 Å². The van der Waals surface area contributed by atoms with Crippen LogP contribution in [-0.4, -0.2) is 37.8 Å². The summed E-state index contributed by atoms with van der Waals surface area (Å²) in [7, 11) is 2.02. The maximum absolute atomic E-state index is 13.3. The first kappa shape index (κ1) is 19.5. The summed E-state index contributed by atoms with van der Waals surface area (Å²) in [6.07, 6.45) is -3.12. The number of aromatic nitrogens is 2. The molecule has 0 radical (unpaired) electrons. The van der Waals surface area contributed by atoms with Crippen molar-refractivity contribution in [2.45, 2.75) is 31.8 Å². The number of alkyl halides is 3. The molecule has 2 aromatic rings. The molecule has 1 unspecified atom stereocenters. The van der Waals surface area contributed by atoms with Crippen molar-refractivity contribution in [3.8, 4) is 22.9 Å². The van der Waals surface area contributed by atoms with Crippen LogP contribution in [0.15, 0.2) is 24.3 Å². The summed E-state index contributed by atoms with van der Waals surface area (Å²) in [5.74, 6) is 0.796. The molecule has 1 atom stereocenters. The molecule has 1 aromatic heterocycles. The van der Waals surface area contributed by atoms with Crippen LogP contribution in [0.2, 0.25) is 6.32 Å². The summed E-state index contributed by atoms with van der Waals surface area (Å²) in [5.41, 5.74) is -0.175. The van der Waals surface area contributed by atoms with Gasteiger partial charge >= 0.3 is 6.18 Å². The lowest BCUT2D eigenvalue weighted by Crippen LogP contribution is -2.13. The van der Waals surface area contributed by atoms with Crippen molar-refractivity contribution in [1.29, 1.82) is 0 Å². The molecule has 0 N–H and O–H groups in total. The van der Waals surface area contributed by atoms with E-state index < -0.39 is 11.9 Å². The number of ether oxygens (including phenoxy) is 2. The molecule has 0 amide bonds. The van der Waals surface area contributed by atoms with Crippen molar-refractivity contribution in [1.82, 2.24) is 9.97 Å². The lowest BCUT2D eigenvalue weighted by Gasteiger charge is -2.15. The second kappa shape index (κ2) is 8.16. The first-order chi connectivity index (χ1) is 12.9. The van der Waals surface area contributed by atoms with Gasteiger partial charge in [-0.3, -0.25) is 0 Å². The summed E-state index contributed by atoms with van der Waals surface area (Å²) in [6.45, 7) is 2.79. The second-order valence-corrected chi connectivity index (χ2v) is 6.27. The molecule has 1 saturated heterocycles. The zero-order valence-corrected chi connectivity index (χ0v) is 15.2. The van der Waals surface area contributed by atoms with E-state index in [-0.39, 0.29) is 11.7 Å². The van der Waals surface area contributed by atoms with Crippen LogP contribution in [0.1, 0.15) is 30.7 Å². The van der Waals surface area contributed by atoms with Crippen molar-refractivity contribution in [2.24, 2.45) is 0 Å². The second-order valence-electron chi connectivity index (χ2n) is 6.27. The maximum Gasteiger partial charge on any atom is 0.433 e. The number of hydrogen-bond donors (Lipinski definition) is 0. The SMILES string of the molecule is CCCOc1cc(-c2nc(C3CBOC3)cc(C(F)(F)F)n2)ccc1OC. The maximum atomic E-state index is 13.3. The van der Waals surface area contributed by atoms with E-state index in [1.807, 2.05) is 6.92 Å². The summed E-state index contributed by atoms with van der Waals surface area (Å²) in [6, 6.07) is 5.89. The number of hydrogen-bond acceptors (Lipinski definition) is 5. The Morgan fingerprint density at radius 3 is 2.67 bits per heavy atom. The van der Waals surface area contributed by atoms with Crippen molar-refractivity contribution < 1.29 is 27.3 Å². The van der Waals surface area contributed by atoms with Gasteiger partial charge in [0.25, 0.3) is 7.48 Å². The van der Waals surface area contributed by atoms with Crippen LogP contribution in [-0.2, 0) is 10.8 Å². The summed E-state index contributed by atoms with van der Waals surface area (Å²) in [5, 5.41) is 0. The minimum Gasteiger partial charge on any atom is -0.493 e. The van der Waals surface area contributed by atoms with Gasteiger partial charge in [0, 0.05) is 23.8 Å². The van der Waals surface area contributed by atoms with Gasteiger partial charge in [-0.1, -0.05) is 6.92 Å². The monoisotopic (exact) mass is 380 g/mol. The Morgan fingerprint density at radius 1 is 1.22 bits per heavy atom. The van der Waals surface area contributed by atoms with Gasteiger partial charge in [0.2, 0.25) is 0 Å². The first-order valence-electron chi connectivity index (χ1n) is 8.77. The average Bonchev–Trinajstić information content (AvgIpc) is 3.20. The summed E-state index contributed by atoms with van der Waals surface area (Å²) >= 11 is 0. The number of rotatable bonds is 6. The first-order valence-corrected chi connectivity index (χ1v) is 8.77. The van der Waals surface area contributed by atoms with Crippen LogP contribution in [0.5, 0.6) is 11.5 Å². The fourth-order valence-corrected chi connectivity index (χ4v) is 2.86. The average molecular weight is 380 g/mol. The van der Waals surface area contributed by atoms with Crippen LogP contribution in [0.3, 0.4) is 0 Å². The highest BCUT2D eigenvalue weighted by atomic mass is 19.4. The molecule has 5 nitrogen and oxygen atoms in total. The van der Waals surface area contributed by atoms with Crippen molar-refractivity contribution in [2.75, 3.05) is 20.3 Å². The fraction of sp³-hybridized carbons (Fsp3) is 0.444. The van der Waals surface area contributed by atoms with Gasteiger partial charge in [0.1, 0.15) is 5.69 Å².